The van der Waals surface area contributed by atoms with Gasteiger partial charge in [0.1, 0.15) is 6.04 Å². The molecule has 2 aliphatic rings. The van der Waals surface area contributed by atoms with Crippen molar-refractivity contribution in [3.8, 4) is 0 Å². The van der Waals surface area contributed by atoms with Gasteiger partial charge < -0.3 is 15.1 Å². The third-order valence-electron chi connectivity index (χ3n) is 5.39. The van der Waals surface area contributed by atoms with Crippen molar-refractivity contribution < 1.29 is 27.6 Å². The second-order valence-electron chi connectivity index (χ2n) is 7.11. The average molecular weight is 409 g/mol. The summed E-state index contributed by atoms with van der Waals surface area (Å²) in [6.07, 6.45) is -2.64. The SMILES string of the molecule is C=CC(=O)N1CCC(C(=O)N2CCNC(=O)C2c2ccccc2C(F)(F)F)CC1. The van der Waals surface area contributed by atoms with Crippen molar-refractivity contribution in [1.29, 1.82) is 0 Å². The van der Waals surface area contributed by atoms with Crippen LogP contribution in [0.25, 0.3) is 0 Å². The summed E-state index contributed by atoms with van der Waals surface area (Å²) in [6, 6.07) is 3.51. The first kappa shape index (κ1) is 20.9. The molecule has 1 unspecified atom stereocenters. The van der Waals surface area contributed by atoms with Crippen LogP contribution in [0.4, 0.5) is 13.2 Å². The summed E-state index contributed by atoms with van der Waals surface area (Å²) in [5, 5.41) is 2.56. The van der Waals surface area contributed by atoms with Crippen molar-refractivity contribution >= 4 is 17.7 Å². The van der Waals surface area contributed by atoms with E-state index in [0.29, 0.717) is 25.9 Å². The number of carbonyl (C=O) groups is 3. The number of carbonyl (C=O) groups excluding carboxylic acids is 3. The molecule has 1 N–H and O–H groups in total. The molecule has 1 aromatic rings. The van der Waals surface area contributed by atoms with Crippen molar-refractivity contribution in [2.75, 3.05) is 26.2 Å². The van der Waals surface area contributed by atoms with Gasteiger partial charge in [-0.25, -0.2) is 0 Å². The Kier molecular flexibility index (Phi) is 5.95. The number of nitrogens with zero attached hydrogens (tertiary/aromatic N) is 2. The lowest BCUT2D eigenvalue weighted by atomic mass is 9.91. The first-order valence-electron chi connectivity index (χ1n) is 9.39. The van der Waals surface area contributed by atoms with Gasteiger partial charge >= 0.3 is 6.18 Å². The van der Waals surface area contributed by atoms with Crippen molar-refractivity contribution in [3.63, 3.8) is 0 Å². The smallest absolute Gasteiger partial charge is 0.352 e. The number of hydrogen-bond acceptors (Lipinski definition) is 3. The molecule has 2 saturated heterocycles. The summed E-state index contributed by atoms with van der Waals surface area (Å²) in [6.45, 7) is 4.49. The predicted molar refractivity (Wildman–Crippen MR) is 98.4 cm³/mol. The molecule has 0 bridgehead atoms. The van der Waals surface area contributed by atoms with E-state index < -0.39 is 29.6 Å². The lowest BCUT2D eigenvalue weighted by Crippen LogP contribution is -2.55. The molecule has 2 heterocycles. The van der Waals surface area contributed by atoms with E-state index in [0.717, 1.165) is 6.07 Å². The minimum absolute atomic E-state index is 0.132. The number of piperazine rings is 1. The van der Waals surface area contributed by atoms with Gasteiger partial charge in [-0.05, 0) is 30.5 Å². The van der Waals surface area contributed by atoms with Gasteiger partial charge in [0.25, 0.3) is 0 Å². The van der Waals surface area contributed by atoms with Crippen molar-refractivity contribution in [3.05, 3.63) is 48.0 Å². The van der Waals surface area contributed by atoms with Gasteiger partial charge in [0.05, 0.1) is 5.56 Å². The van der Waals surface area contributed by atoms with E-state index in [1.165, 1.54) is 29.2 Å². The molecule has 3 rings (SSSR count). The molecule has 1 aromatic carbocycles. The molecule has 3 amide bonds. The Bertz CT molecular complexity index is 817. The van der Waals surface area contributed by atoms with Crippen molar-refractivity contribution in [2.24, 2.45) is 5.92 Å². The van der Waals surface area contributed by atoms with E-state index >= 15 is 0 Å². The summed E-state index contributed by atoms with van der Waals surface area (Å²) in [5.74, 6) is -1.64. The summed E-state index contributed by atoms with van der Waals surface area (Å²) in [5.41, 5.74) is -1.16. The van der Waals surface area contributed by atoms with Crippen LogP contribution in [-0.2, 0) is 20.6 Å². The normalized spacial score (nSPS) is 20.9. The molecule has 9 heteroatoms. The molecule has 0 spiro atoms. The van der Waals surface area contributed by atoms with E-state index in [2.05, 4.69) is 11.9 Å². The molecular weight excluding hydrogens is 387 g/mol. The van der Waals surface area contributed by atoms with Gasteiger partial charge in [0.15, 0.2) is 0 Å². The highest BCUT2D eigenvalue weighted by Crippen LogP contribution is 2.37. The number of amides is 3. The fourth-order valence-corrected chi connectivity index (χ4v) is 3.92. The minimum atomic E-state index is -4.64. The number of piperidine rings is 1. The number of likely N-dealkylation sites (tertiary alicyclic amines) is 1. The molecule has 2 aliphatic heterocycles. The predicted octanol–water partition coefficient (Wildman–Crippen LogP) is 2.13. The number of hydrogen-bond donors (Lipinski definition) is 1. The van der Waals surface area contributed by atoms with E-state index in [-0.39, 0.29) is 30.5 Å². The summed E-state index contributed by atoms with van der Waals surface area (Å²) >= 11 is 0. The zero-order valence-electron chi connectivity index (χ0n) is 15.7. The molecule has 0 radical (unpaired) electrons. The zero-order valence-corrected chi connectivity index (χ0v) is 15.7. The van der Waals surface area contributed by atoms with Crippen LogP contribution in [0.2, 0.25) is 0 Å². The van der Waals surface area contributed by atoms with Gasteiger partial charge in [0.2, 0.25) is 17.7 Å². The van der Waals surface area contributed by atoms with Crippen molar-refractivity contribution in [2.45, 2.75) is 25.1 Å². The average Bonchev–Trinajstić information content (AvgIpc) is 2.72. The Morgan fingerprint density at radius 2 is 1.79 bits per heavy atom. The van der Waals surface area contributed by atoms with Crippen LogP contribution in [0, 0.1) is 5.92 Å². The van der Waals surface area contributed by atoms with Gasteiger partial charge in [-0.2, -0.15) is 13.2 Å². The second-order valence-corrected chi connectivity index (χ2v) is 7.11. The third-order valence-corrected chi connectivity index (χ3v) is 5.39. The van der Waals surface area contributed by atoms with E-state index in [4.69, 9.17) is 0 Å². The zero-order chi connectivity index (χ0) is 21.2. The Morgan fingerprint density at radius 1 is 1.14 bits per heavy atom. The molecule has 0 aliphatic carbocycles. The Morgan fingerprint density at radius 3 is 2.41 bits per heavy atom. The standard InChI is InChI=1S/C20H22F3N3O3/c1-2-16(27)25-10-7-13(8-11-25)19(29)26-12-9-24-18(28)17(26)14-5-3-4-6-15(14)20(21,22)23/h2-6,13,17H,1,7-12H2,(H,24,28). The molecule has 156 valence electrons. The first-order valence-corrected chi connectivity index (χ1v) is 9.39. The fourth-order valence-electron chi connectivity index (χ4n) is 3.92. The highest BCUT2D eigenvalue weighted by Gasteiger charge is 2.43. The van der Waals surface area contributed by atoms with Gasteiger partial charge in [-0.1, -0.05) is 24.8 Å². The van der Waals surface area contributed by atoms with E-state index in [9.17, 15) is 27.6 Å². The van der Waals surface area contributed by atoms with Crippen LogP contribution in [0.15, 0.2) is 36.9 Å². The maximum Gasteiger partial charge on any atom is 0.416 e. The fraction of sp³-hybridized carbons (Fsp3) is 0.450. The Hall–Kier alpha value is -2.84. The summed E-state index contributed by atoms with van der Waals surface area (Å²) in [7, 11) is 0. The van der Waals surface area contributed by atoms with Gasteiger partial charge in [-0.3, -0.25) is 14.4 Å². The molecule has 2 fully saturated rings. The maximum absolute atomic E-state index is 13.5. The summed E-state index contributed by atoms with van der Waals surface area (Å²) < 4.78 is 40.5. The van der Waals surface area contributed by atoms with Crippen LogP contribution >= 0.6 is 0 Å². The van der Waals surface area contributed by atoms with Crippen molar-refractivity contribution in [1.82, 2.24) is 15.1 Å². The molecule has 0 saturated carbocycles. The molecular formula is C20H22F3N3O3. The number of rotatable bonds is 3. The van der Waals surface area contributed by atoms with E-state index in [1.54, 1.807) is 4.90 Å². The van der Waals surface area contributed by atoms with Crippen LogP contribution in [0.5, 0.6) is 0 Å². The lowest BCUT2D eigenvalue weighted by Gasteiger charge is -2.40. The Labute approximate surface area is 166 Å². The van der Waals surface area contributed by atoms with Gasteiger partial charge in [0, 0.05) is 32.1 Å². The van der Waals surface area contributed by atoms with Gasteiger partial charge in [-0.15, -0.1) is 0 Å². The van der Waals surface area contributed by atoms with Crippen LogP contribution in [-0.4, -0.2) is 53.7 Å². The molecule has 6 nitrogen and oxygen atoms in total. The van der Waals surface area contributed by atoms with Crippen LogP contribution in [0.3, 0.4) is 0 Å². The number of benzene rings is 1. The first-order chi connectivity index (χ1) is 13.7. The maximum atomic E-state index is 13.5. The number of halogens is 3. The minimum Gasteiger partial charge on any atom is -0.352 e. The van der Waals surface area contributed by atoms with E-state index in [1.807, 2.05) is 0 Å². The molecule has 29 heavy (non-hydrogen) atoms. The second kappa shape index (κ2) is 8.26. The van der Waals surface area contributed by atoms with Crippen LogP contribution < -0.4 is 5.32 Å². The number of alkyl halides is 3. The lowest BCUT2D eigenvalue weighted by molar-refractivity contribution is -0.150. The highest BCUT2D eigenvalue weighted by molar-refractivity contribution is 5.91. The Balaban J connectivity index is 1.85. The third kappa shape index (κ3) is 4.28. The topological polar surface area (TPSA) is 69.7 Å². The number of nitrogens with one attached hydrogen (secondary N) is 1. The largest absolute Gasteiger partial charge is 0.416 e. The summed E-state index contributed by atoms with van der Waals surface area (Å²) in [4.78, 5) is 40.2. The highest BCUT2D eigenvalue weighted by atomic mass is 19.4. The quantitative estimate of drug-likeness (QED) is 0.778. The van der Waals surface area contributed by atoms with Crippen LogP contribution in [0.1, 0.15) is 30.0 Å². The monoisotopic (exact) mass is 409 g/mol. The molecule has 0 aromatic heterocycles. The molecule has 1 atom stereocenters.